The lowest BCUT2D eigenvalue weighted by Gasteiger charge is -2.16. The molecule has 0 saturated heterocycles. The summed E-state index contributed by atoms with van der Waals surface area (Å²) in [4.78, 5) is 0.252. The summed E-state index contributed by atoms with van der Waals surface area (Å²) in [6.45, 7) is 3.97. The number of sulfonamides is 1. The molecule has 1 rings (SSSR count). The van der Waals surface area contributed by atoms with Crippen molar-refractivity contribution in [3.63, 3.8) is 0 Å². The maximum Gasteiger partial charge on any atom is 0.240 e. The number of aliphatic hydroxyl groups excluding tert-OH is 1. The van der Waals surface area contributed by atoms with Gasteiger partial charge in [0.25, 0.3) is 0 Å². The molecule has 0 spiro atoms. The van der Waals surface area contributed by atoms with E-state index in [1.165, 1.54) is 38.5 Å². The molecule has 1 unspecified atom stereocenters. The van der Waals surface area contributed by atoms with Crippen molar-refractivity contribution in [3.05, 3.63) is 29.8 Å². The molecule has 138 valence electrons. The summed E-state index contributed by atoms with van der Waals surface area (Å²) in [5.41, 5.74) is 1.02. The predicted octanol–water partition coefficient (Wildman–Crippen LogP) is 4.17. The minimum absolute atomic E-state index is 0.165. The van der Waals surface area contributed by atoms with Gasteiger partial charge in [-0.3, -0.25) is 0 Å². The molecular formula is C19H33NO3S. The largest absolute Gasteiger partial charge is 0.395 e. The van der Waals surface area contributed by atoms with Crippen molar-refractivity contribution in [2.24, 2.45) is 0 Å². The van der Waals surface area contributed by atoms with Crippen LogP contribution < -0.4 is 4.72 Å². The molecule has 0 bridgehead atoms. The van der Waals surface area contributed by atoms with E-state index in [9.17, 15) is 13.5 Å². The standard InChI is InChI=1S/C19H33NO3S/c1-3-4-5-6-7-8-9-10-11-18(16-21)20-24(22,23)19-14-12-17(2)13-15-19/h12-15,18,20-21H,3-11,16H2,1-2H3. The van der Waals surface area contributed by atoms with Gasteiger partial charge in [-0.05, 0) is 25.5 Å². The van der Waals surface area contributed by atoms with Gasteiger partial charge in [-0.25, -0.2) is 13.1 Å². The second-order valence-electron chi connectivity index (χ2n) is 6.58. The molecule has 0 saturated carbocycles. The summed E-state index contributed by atoms with van der Waals surface area (Å²) >= 11 is 0. The lowest BCUT2D eigenvalue weighted by molar-refractivity contribution is 0.247. The predicted molar refractivity (Wildman–Crippen MR) is 99.6 cm³/mol. The molecule has 0 aliphatic heterocycles. The van der Waals surface area contributed by atoms with Crippen molar-refractivity contribution in [1.82, 2.24) is 4.72 Å². The summed E-state index contributed by atoms with van der Waals surface area (Å²) in [6.07, 6.45) is 10.3. The van der Waals surface area contributed by atoms with Crippen LogP contribution in [-0.4, -0.2) is 26.2 Å². The first kappa shape index (κ1) is 21.1. The Labute approximate surface area is 147 Å². The zero-order valence-electron chi connectivity index (χ0n) is 15.1. The molecule has 1 aromatic carbocycles. The molecule has 0 aliphatic rings. The maximum atomic E-state index is 12.3. The summed E-state index contributed by atoms with van der Waals surface area (Å²) in [7, 11) is -3.56. The fourth-order valence-electron chi connectivity index (χ4n) is 2.72. The van der Waals surface area contributed by atoms with Crippen molar-refractivity contribution < 1.29 is 13.5 Å². The van der Waals surface area contributed by atoms with Crippen molar-refractivity contribution in [1.29, 1.82) is 0 Å². The van der Waals surface area contributed by atoms with Crippen LogP contribution in [0.2, 0.25) is 0 Å². The van der Waals surface area contributed by atoms with Crippen LogP contribution in [0.25, 0.3) is 0 Å². The lowest BCUT2D eigenvalue weighted by atomic mass is 10.1. The molecule has 24 heavy (non-hydrogen) atoms. The third-order valence-corrected chi connectivity index (χ3v) is 5.82. The lowest BCUT2D eigenvalue weighted by Crippen LogP contribution is -2.37. The molecule has 0 radical (unpaired) electrons. The average molecular weight is 356 g/mol. The molecule has 1 atom stereocenters. The first-order valence-electron chi connectivity index (χ1n) is 9.19. The van der Waals surface area contributed by atoms with Crippen LogP contribution in [0.5, 0.6) is 0 Å². The van der Waals surface area contributed by atoms with Crippen LogP contribution >= 0.6 is 0 Å². The molecule has 5 heteroatoms. The third kappa shape index (κ3) is 8.27. The van der Waals surface area contributed by atoms with Gasteiger partial charge in [0.05, 0.1) is 11.5 Å². The number of aryl methyl sites for hydroxylation is 1. The van der Waals surface area contributed by atoms with E-state index in [1.54, 1.807) is 24.3 Å². The van der Waals surface area contributed by atoms with Gasteiger partial charge in [0, 0.05) is 6.04 Å². The van der Waals surface area contributed by atoms with E-state index in [0.717, 1.165) is 18.4 Å². The number of benzene rings is 1. The highest BCUT2D eigenvalue weighted by Gasteiger charge is 2.19. The van der Waals surface area contributed by atoms with Crippen LogP contribution in [0, 0.1) is 6.92 Å². The zero-order valence-corrected chi connectivity index (χ0v) is 15.9. The van der Waals surface area contributed by atoms with E-state index in [-0.39, 0.29) is 11.5 Å². The van der Waals surface area contributed by atoms with E-state index in [1.807, 2.05) is 6.92 Å². The molecule has 0 aliphatic carbocycles. The van der Waals surface area contributed by atoms with Gasteiger partial charge in [0.1, 0.15) is 0 Å². The molecular weight excluding hydrogens is 322 g/mol. The van der Waals surface area contributed by atoms with Gasteiger partial charge < -0.3 is 5.11 Å². The maximum absolute atomic E-state index is 12.3. The Morgan fingerprint density at radius 1 is 0.958 bits per heavy atom. The monoisotopic (exact) mass is 355 g/mol. The van der Waals surface area contributed by atoms with Crippen LogP contribution in [0.3, 0.4) is 0 Å². The van der Waals surface area contributed by atoms with Crippen LogP contribution in [0.4, 0.5) is 0 Å². The number of unbranched alkanes of at least 4 members (excludes halogenated alkanes) is 7. The molecule has 0 fully saturated rings. The van der Waals surface area contributed by atoms with Gasteiger partial charge >= 0.3 is 0 Å². The Balaban J connectivity index is 2.32. The number of hydrogen-bond acceptors (Lipinski definition) is 3. The summed E-state index contributed by atoms with van der Waals surface area (Å²) < 4.78 is 27.3. The van der Waals surface area contributed by atoms with Crippen LogP contribution in [0.15, 0.2) is 29.2 Å². The Morgan fingerprint density at radius 2 is 1.50 bits per heavy atom. The van der Waals surface area contributed by atoms with E-state index in [0.29, 0.717) is 6.42 Å². The van der Waals surface area contributed by atoms with Gasteiger partial charge in [-0.1, -0.05) is 76.0 Å². The van der Waals surface area contributed by atoms with Crippen molar-refractivity contribution in [2.75, 3.05) is 6.61 Å². The number of rotatable bonds is 13. The second-order valence-corrected chi connectivity index (χ2v) is 8.29. The van der Waals surface area contributed by atoms with E-state index in [2.05, 4.69) is 11.6 Å². The van der Waals surface area contributed by atoms with Crippen LogP contribution in [-0.2, 0) is 10.0 Å². The zero-order chi connectivity index (χ0) is 17.8. The number of aliphatic hydroxyl groups is 1. The smallest absolute Gasteiger partial charge is 0.240 e. The van der Waals surface area contributed by atoms with E-state index >= 15 is 0 Å². The first-order valence-corrected chi connectivity index (χ1v) is 10.7. The highest BCUT2D eigenvalue weighted by atomic mass is 32.2. The Kier molecular flexibility index (Phi) is 10.2. The molecule has 0 heterocycles. The highest BCUT2D eigenvalue weighted by molar-refractivity contribution is 7.89. The molecule has 4 nitrogen and oxygen atoms in total. The van der Waals surface area contributed by atoms with Gasteiger partial charge in [0.2, 0.25) is 10.0 Å². The Hall–Kier alpha value is -0.910. The third-order valence-electron chi connectivity index (χ3n) is 4.28. The highest BCUT2D eigenvalue weighted by Crippen LogP contribution is 2.14. The van der Waals surface area contributed by atoms with Crippen molar-refractivity contribution in [2.45, 2.75) is 82.6 Å². The van der Waals surface area contributed by atoms with Crippen molar-refractivity contribution in [3.8, 4) is 0 Å². The van der Waals surface area contributed by atoms with Crippen LogP contribution in [0.1, 0.15) is 70.3 Å². The minimum Gasteiger partial charge on any atom is -0.395 e. The first-order chi connectivity index (χ1) is 11.5. The summed E-state index contributed by atoms with van der Waals surface area (Å²) in [5.74, 6) is 0. The second kappa shape index (κ2) is 11.6. The minimum atomic E-state index is -3.56. The molecule has 0 aromatic heterocycles. The molecule has 2 N–H and O–H groups in total. The number of hydrogen-bond donors (Lipinski definition) is 2. The normalized spacial score (nSPS) is 13.1. The Morgan fingerprint density at radius 3 is 2.04 bits per heavy atom. The SMILES string of the molecule is CCCCCCCCCCC(CO)NS(=O)(=O)c1ccc(C)cc1. The summed E-state index contributed by atoms with van der Waals surface area (Å²) in [5, 5.41) is 9.45. The quantitative estimate of drug-likeness (QED) is 0.522. The fraction of sp³-hybridized carbons (Fsp3) is 0.684. The van der Waals surface area contributed by atoms with E-state index in [4.69, 9.17) is 0 Å². The molecule has 1 aromatic rings. The number of nitrogens with one attached hydrogen (secondary N) is 1. The fourth-order valence-corrected chi connectivity index (χ4v) is 3.98. The Bertz CT molecular complexity index is 540. The molecule has 0 amide bonds. The van der Waals surface area contributed by atoms with Gasteiger partial charge in [-0.15, -0.1) is 0 Å². The van der Waals surface area contributed by atoms with Gasteiger partial charge in [0.15, 0.2) is 0 Å². The van der Waals surface area contributed by atoms with Crippen molar-refractivity contribution >= 4 is 10.0 Å². The van der Waals surface area contributed by atoms with Gasteiger partial charge in [-0.2, -0.15) is 0 Å². The average Bonchev–Trinajstić information content (AvgIpc) is 2.56. The van der Waals surface area contributed by atoms with E-state index < -0.39 is 16.1 Å². The summed E-state index contributed by atoms with van der Waals surface area (Å²) in [6, 6.07) is 6.35. The topological polar surface area (TPSA) is 66.4 Å².